The first-order chi connectivity index (χ1) is 17.7. The maximum absolute atomic E-state index is 10.2. The molecule has 0 bridgehead atoms. The number of fused-ring (bicyclic) bond motifs is 1. The third-order valence-corrected chi connectivity index (χ3v) is 6.54. The van der Waals surface area contributed by atoms with Gasteiger partial charge in [0.1, 0.15) is 11.7 Å². The van der Waals surface area contributed by atoms with Crippen molar-refractivity contribution >= 4 is 16.7 Å². The van der Waals surface area contributed by atoms with Gasteiger partial charge in [-0.25, -0.2) is 4.98 Å². The Morgan fingerprint density at radius 2 is 1.89 bits per heavy atom. The lowest BCUT2D eigenvalue weighted by Crippen LogP contribution is -2.20. The molecule has 6 heteroatoms. The van der Waals surface area contributed by atoms with E-state index in [-0.39, 0.29) is 5.92 Å². The van der Waals surface area contributed by atoms with Gasteiger partial charge in [0.05, 0.1) is 23.0 Å². The molecule has 3 N–H and O–H groups in total. The second kappa shape index (κ2) is 11.1. The van der Waals surface area contributed by atoms with E-state index in [0.29, 0.717) is 11.6 Å². The predicted molar refractivity (Wildman–Crippen MR) is 151 cm³/mol. The number of hydrogen-bond acceptors (Lipinski definition) is 5. The van der Waals surface area contributed by atoms with E-state index in [1.54, 1.807) is 20.8 Å². The lowest BCUT2D eigenvalue weighted by atomic mass is 9.91. The molecule has 6 nitrogen and oxygen atoms in total. The summed E-state index contributed by atoms with van der Waals surface area (Å²) >= 11 is 0. The molecule has 5 rings (SSSR count). The maximum Gasteiger partial charge on any atom is 0.141 e. The minimum absolute atomic E-state index is 0.0118. The van der Waals surface area contributed by atoms with Crippen molar-refractivity contribution in [1.82, 2.24) is 9.55 Å². The highest BCUT2D eigenvalue weighted by molar-refractivity contribution is 5.88. The molecule has 0 amide bonds. The molecule has 2 heterocycles. The minimum atomic E-state index is -0.500. The molecule has 37 heavy (non-hydrogen) atoms. The Morgan fingerprint density at radius 3 is 2.51 bits per heavy atom. The summed E-state index contributed by atoms with van der Waals surface area (Å²) in [4.78, 5) is 7.07. The molecule has 1 saturated carbocycles. The van der Waals surface area contributed by atoms with E-state index < -0.39 is 5.60 Å². The van der Waals surface area contributed by atoms with Crippen molar-refractivity contribution in [3.8, 4) is 6.07 Å². The van der Waals surface area contributed by atoms with Crippen LogP contribution in [-0.4, -0.2) is 27.3 Å². The summed E-state index contributed by atoms with van der Waals surface area (Å²) in [7, 11) is 2.07. The summed E-state index contributed by atoms with van der Waals surface area (Å²) in [6.45, 7) is 6.01. The van der Waals surface area contributed by atoms with E-state index in [2.05, 4.69) is 65.1 Å². The van der Waals surface area contributed by atoms with Crippen LogP contribution in [0.25, 0.3) is 11.0 Å². The van der Waals surface area contributed by atoms with Gasteiger partial charge < -0.3 is 20.3 Å². The van der Waals surface area contributed by atoms with Crippen molar-refractivity contribution in [2.45, 2.75) is 64.1 Å². The van der Waals surface area contributed by atoms with Crippen molar-refractivity contribution in [3.05, 3.63) is 95.5 Å². The zero-order valence-corrected chi connectivity index (χ0v) is 22.2. The lowest BCUT2D eigenvalue weighted by Gasteiger charge is -2.30. The SMILES string of the molecule is CC(C)(C)O.CN(Cc1ccccc1)c1cnc2c(c1)c(C#N)c(C1C=CC=C(N)C=C1)n2C1CCC1. The van der Waals surface area contributed by atoms with Gasteiger partial charge in [-0.2, -0.15) is 5.26 Å². The molecule has 192 valence electrons. The Bertz CT molecular complexity index is 1360. The third-order valence-electron chi connectivity index (χ3n) is 6.54. The van der Waals surface area contributed by atoms with Gasteiger partial charge in [0.2, 0.25) is 0 Å². The number of aromatic nitrogens is 2. The van der Waals surface area contributed by atoms with E-state index in [1.165, 1.54) is 12.0 Å². The molecule has 1 atom stereocenters. The lowest BCUT2D eigenvalue weighted by molar-refractivity contribution is 0.102. The highest BCUT2D eigenvalue weighted by Crippen LogP contribution is 2.42. The topological polar surface area (TPSA) is 91.1 Å². The fourth-order valence-corrected chi connectivity index (χ4v) is 4.61. The largest absolute Gasteiger partial charge is 0.399 e. The molecule has 2 aliphatic carbocycles. The summed E-state index contributed by atoms with van der Waals surface area (Å²) < 4.78 is 2.32. The van der Waals surface area contributed by atoms with E-state index in [9.17, 15) is 5.26 Å². The number of nitrogens with two attached hydrogens (primary N) is 1. The quantitative estimate of drug-likeness (QED) is 0.446. The molecular formula is C31H37N5O. The Hall–Kier alpha value is -3.82. The summed E-state index contributed by atoms with van der Waals surface area (Å²) in [6, 6.07) is 15.4. The van der Waals surface area contributed by atoms with Gasteiger partial charge in [0.25, 0.3) is 0 Å². The van der Waals surface area contributed by atoms with Crippen LogP contribution in [0.1, 0.15) is 68.8 Å². The van der Waals surface area contributed by atoms with Gasteiger partial charge in [0, 0.05) is 42.3 Å². The van der Waals surface area contributed by atoms with Crippen molar-refractivity contribution in [2.75, 3.05) is 11.9 Å². The van der Waals surface area contributed by atoms with E-state index in [1.807, 2.05) is 30.5 Å². The number of allylic oxidation sites excluding steroid dienone is 5. The van der Waals surface area contributed by atoms with Crippen LogP contribution >= 0.6 is 0 Å². The molecule has 2 aromatic heterocycles. The van der Waals surface area contributed by atoms with E-state index in [4.69, 9.17) is 15.8 Å². The standard InChI is InChI=1S/C27H27N5.C4H10O/c1-31(18-19-7-3-2-4-8-19)23-15-24-25(16-28)26(20-9-5-10-21(29)14-13-20)32(22-11-6-12-22)27(24)30-17-23;1-4(2,3)5/h2-5,7-10,13-15,17,20,22H,6,11-12,18,29H2,1H3;5H,1-3H3. The van der Waals surface area contributed by atoms with Crippen LogP contribution in [0.4, 0.5) is 5.69 Å². The Morgan fingerprint density at radius 1 is 1.19 bits per heavy atom. The number of aliphatic hydroxyl groups is 1. The zero-order chi connectivity index (χ0) is 26.6. The smallest absolute Gasteiger partial charge is 0.141 e. The number of pyridine rings is 1. The van der Waals surface area contributed by atoms with Gasteiger partial charge in [-0.15, -0.1) is 0 Å². The molecule has 0 spiro atoms. The zero-order valence-electron chi connectivity index (χ0n) is 22.2. The van der Waals surface area contributed by atoms with Gasteiger partial charge in [-0.3, -0.25) is 0 Å². The van der Waals surface area contributed by atoms with Crippen molar-refractivity contribution < 1.29 is 5.11 Å². The molecule has 2 aliphatic rings. The van der Waals surface area contributed by atoms with E-state index >= 15 is 0 Å². The molecule has 1 aromatic carbocycles. The number of nitriles is 1. The average Bonchev–Trinajstić information content (AvgIpc) is 2.96. The average molecular weight is 496 g/mol. The van der Waals surface area contributed by atoms with E-state index in [0.717, 1.165) is 47.5 Å². The van der Waals surface area contributed by atoms with Crippen LogP contribution in [-0.2, 0) is 6.54 Å². The number of nitrogens with zero attached hydrogens (tertiary/aromatic N) is 4. The van der Waals surface area contributed by atoms with Crippen molar-refractivity contribution in [1.29, 1.82) is 5.26 Å². The monoisotopic (exact) mass is 495 g/mol. The first kappa shape index (κ1) is 26.2. The van der Waals surface area contributed by atoms with Gasteiger partial charge in [-0.05, 0) is 63.8 Å². The fraction of sp³-hybridized carbons (Fsp3) is 0.355. The Kier molecular flexibility index (Phi) is 7.85. The van der Waals surface area contributed by atoms with Gasteiger partial charge in [-0.1, -0.05) is 48.6 Å². The second-order valence-electron chi connectivity index (χ2n) is 10.8. The van der Waals surface area contributed by atoms with Gasteiger partial charge >= 0.3 is 0 Å². The molecule has 3 aromatic rings. The molecule has 0 radical (unpaired) electrons. The highest BCUT2D eigenvalue weighted by atomic mass is 16.3. The Labute approximate surface area is 220 Å². The van der Waals surface area contributed by atoms with Crippen LogP contribution in [0.5, 0.6) is 0 Å². The van der Waals surface area contributed by atoms with Crippen molar-refractivity contribution in [3.63, 3.8) is 0 Å². The van der Waals surface area contributed by atoms with Crippen LogP contribution in [0.2, 0.25) is 0 Å². The molecule has 0 aliphatic heterocycles. The highest BCUT2D eigenvalue weighted by Gasteiger charge is 2.30. The first-order valence-corrected chi connectivity index (χ1v) is 12.9. The van der Waals surface area contributed by atoms with Crippen LogP contribution in [0, 0.1) is 11.3 Å². The van der Waals surface area contributed by atoms with Crippen LogP contribution in [0.3, 0.4) is 0 Å². The van der Waals surface area contributed by atoms with Crippen molar-refractivity contribution in [2.24, 2.45) is 5.73 Å². The molecule has 1 fully saturated rings. The number of anilines is 1. The number of benzene rings is 1. The second-order valence-corrected chi connectivity index (χ2v) is 10.8. The maximum atomic E-state index is 10.2. The van der Waals surface area contributed by atoms with Crippen LogP contribution < -0.4 is 10.6 Å². The number of hydrogen-bond donors (Lipinski definition) is 2. The van der Waals surface area contributed by atoms with Gasteiger partial charge in [0.15, 0.2) is 0 Å². The Balaban J connectivity index is 0.000000586. The third kappa shape index (κ3) is 6.31. The fourth-order valence-electron chi connectivity index (χ4n) is 4.61. The van der Waals surface area contributed by atoms with Crippen LogP contribution in [0.15, 0.2) is 78.7 Å². The molecule has 1 unspecified atom stereocenters. The summed E-state index contributed by atoms with van der Waals surface area (Å²) in [5.74, 6) is -0.0118. The predicted octanol–water partition coefficient (Wildman–Crippen LogP) is 6.10. The normalized spacial score (nSPS) is 17.3. The molecular weight excluding hydrogens is 458 g/mol. The summed E-state index contributed by atoms with van der Waals surface area (Å²) in [5.41, 5.74) is 11.1. The molecule has 0 saturated heterocycles. The summed E-state index contributed by atoms with van der Waals surface area (Å²) in [5, 5.41) is 19.7. The summed E-state index contributed by atoms with van der Waals surface area (Å²) in [6.07, 6.45) is 15.4. The first-order valence-electron chi connectivity index (χ1n) is 12.9. The number of rotatable bonds is 5. The minimum Gasteiger partial charge on any atom is -0.399 e.